The number of ether oxygens (including phenoxy) is 1. The molecule has 7 heteroatoms. The zero-order chi connectivity index (χ0) is 20.4. The van der Waals surface area contributed by atoms with Gasteiger partial charge in [-0.15, -0.1) is 0 Å². The van der Waals surface area contributed by atoms with Crippen LogP contribution in [0.2, 0.25) is 0 Å². The third-order valence-corrected chi connectivity index (χ3v) is 4.70. The number of esters is 1. The van der Waals surface area contributed by atoms with Gasteiger partial charge < -0.3 is 4.74 Å². The van der Waals surface area contributed by atoms with Gasteiger partial charge in [0.15, 0.2) is 0 Å². The van der Waals surface area contributed by atoms with Crippen molar-refractivity contribution in [3.8, 4) is 0 Å². The lowest BCUT2D eigenvalue weighted by molar-refractivity contribution is -0.142. The molecule has 1 aliphatic rings. The molecule has 1 aliphatic heterocycles. The lowest BCUT2D eigenvalue weighted by Crippen LogP contribution is -2.50. The first-order chi connectivity index (χ1) is 13.3. The quantitative estimate of drug-likeness (QED) is 0.760. The molecule has 0 unspecified atom stereocenters. The number of hydrogen-bond donors (Lipinski definition) is 0. The fourth-order valence-corrected chi connectivity index (χ4v) is 3.10. The van der Waals surface area contributed by atoms with Gasteiger partial charge in [-0.3, -0.25) is 24.2 Å². The van der Waals surface area contributed by atoms with Gasteiger partial charge in [0.05, 0.1) is 18.0 Å². The number of hydrogen-bond acceptors (Lipinski definition) is 4. The molecule has 0 spiro atoms. The van der Waals surface area contributed by atoms with E-state index in [-0.39, 0.29) is 31.2 Å². The largest absolute Gasteiger partial charge is 0.465 e. The lowest BCUT2D eigenvalue weighted by Gasteiger charge is -2.36. The zero-order valence-electron chi connectivity index (χ0n) is 16.0. The van der Waals surface area contributed by atoms with Crippen molar-refractivity contribution in [3.05, 3.63) is 58.9 Å². The van der Waals surface area contributed by atoms with E-state index in [0.29, 0.717) is 11.4 Å². The van der Waals surface area contributed by atoms with E-state index in [9.17, 15) is 18.8 Å². The van der Waals surface area contributed by atoms with Gasteiger partial charge in [0, 0.05) is 5.56 Å². The molecule has 0 saturated heterocycles. The summed E-state index contributed by atoms with van der Waals surface area (Å²) in [5, 5.41) is 0. The van der Waals surface area contributed by atoms with Gasteiger partial charge in [0.1, 0.15) is 18.9 Å². The van der Waals surface area contributed by atoms with Crippen LogP contribution in [-0.4, -0.2) is 37.5 Å². The Morgan fingerprint density at radius 1 is 1.07 bits per heavy atom. The van der Waals surface area contributed by atoms with E-state index in [2.05, 4.69) is 0 Å². The molecule has 3 rings (SSSR count). The van der Waals surface area contributed by atoms with E-state index in [1.807, 2.05) is 19.9 Å². The molecule has 0 radical (unpaired) electrons. The van der Waals surface area contributed by atoms with Crippen molar-refractivity contribution in [2.24, 2.45) is 0 Å². The average molecular weight is 384 g/mol. The average Bonchev–Trinajstić information content (AvgIpc) is 2.65. The predicted molar refractivity (Wildman–Crippen MR) is 103 cm³/mol. The number of rotatable bonds is 4. The van der Waals surface area contributed by atoms with Crippen molar-refractivity contribution in [3.63, 3.8) is 0 Å². The monoisotopic (exact) mass is 384 g/mol. The summed E-state index contributed by atoms with van der Waals surface area (Å²) in [6.45, 7) is 5.27. The minimum atomic E-state index is -0.515. The Morgan fingerprint density at radius 3 is 2.29 bits per heavy atom. The summed E-state index contributed by atoms with van der Waals surface area (Å²) in [6.07, 6.45) is 0. The first-order valence-electron chi connectivity index (χ1n) is 8.96. The summed E-state index contributed by atoms with van der Waals surface area (Å²) < 4.78 is 18.2. The minimum Gasteiger partial charge on any atom is -0.465 e. The van der Waals surface area contributed by atoms with Crippen LogP contribution in [0.1, 0.15) is 28.4 Å². The summed E-state index contributed by atoms with van der Waals surface area (Å²) >= 11 is 0. The number of aryl methyl sites for hydroxylation is 2. The summed E-state index contributed by atoms with van der Waals surface area (Å²) in [4.78, 5) is 40.4. The predicted octanol–water partition coefficient (Wildman–Crippen LogP) is 3.00. The third kappa shape index (κ3) is 3.74. The normalized spacial score (nSPS) is 13.4. The number of carbonyl (C=O) groups is 3. The Kier molecular flexibility index (Phi) is 5.44. The second kappa shape index (κ2) is 7.80. The van der Waals surface area contributed by atoms with Crippen molar-refractivity contribution in [1.29, 1.82) is 0 Å². The summed E-state index contributed by atoms with van der Waals surface area (Å²) in [5.74, 6) is -1.76. The Hall–Kier alpha value is -3.22. The molecule has 0 saturated carbocycles. The van der Waals surface area contributed by atoms with Crippen molar-refractivity contribution in [2.45, 2.75) is 20.8 Å². The van der Waals surface area contributed by atoms with Crippen LogP contribution in [0.15, 0.2) is 36.4 Å². The maximum Gasteiger partial charge on any atom is 0.326 e. The number of nitrogens with zero attached hydrogens (tertiary/aromatic N) is 2. The van der Waals surface area contributed by atoms with Gasteiger partial charge in [-0.05, 0) is 68.3 Å². The molecule has 1 heterocycles. The minimum absolute atomic E-state index is 0.217. The fraction of sp³-hybridized carbons (Fsp3) is 0.286. The molecule has 0 N–H and O–H groups in total. The van der Waals surface area contributed by atoms with Gasteiger partial charge in [-0.2, -0.15) is 0 Å². The number of fused-ring (bicyclic) bond motifs is 1. The van der Waals surface area contributed by atoms with Crippen LogP contribution in [0, 0.1) is 19.7 Å². The Balaban J connectivity index is 2.03. The molecule has 2 aromatic rings. The highest BCUT2D eigenvalue weighted by atomic mass is 19.1. The molecule has 0 aliphatic carbocycles. The van der Waals surface area contributed by atoms with Crippen LogP contribution < -0.4 is 9.80 Å². The molecule has 0 aromatic heterocycles. The first kappa shape index (κ1) is 19.5. The molecule has 0 bridgehead atoms. The van der Waals surface area contributed by atoms with Crippen LogP contribution in [0.5, 0.6) is 0 Å². The highest BCUT2D eigenvalue weighted by molar-refractivity contribution is 6.16. The lowest BCUT2D eigenvalue weighted by atomic mass is 10.0. The number of anilines is 2. The first-order valence-corrected chi connectivity index (χ1v) is 8.96. The van der Waals surface area contributed by atoms with Crippen molar-refractivity contribution in [2.75, 3.05) is 29.5 Å². The fourth-order valence-electron chi connectivity index (χ4n) is 3.10. The third-order valence-electron chi connectivity index (χ3n) is 4.70. The van der Waals surface area contributed by atoms with E-state index in [1.165, 1.54) is 34.1 Å². The summed E-state index contributed by atoms with van der Waals surface area (Å²) in [7, 11) is 0. The topological polar surface area (TPSA) is 66.9 Å². The summed E-state index contributed by atoms with van der Waals surface area (Å²) in [5.41, 5.74) is 3.15. The maximum absolute atomic E-state index is 13.2. The van der Waals surface area contributed by atoms with Gasteiger partial charge in [0.2, 0.25) is 5.91 Å². The molecular formula is C21H21FN2O4. The van der Waals surface area contributed by atoms with Crippen molar-refractivity contribution >= 4 is 29.2 Å². The SMILES string of the molecule is CCOC(=O)CN1C(=O)CN(C(=O)c2ccc(F)cc2)c2cc(C)c(C)cc21. The molecule has 2 aromatic carbocycles. The van der Waals surface area contributed by atoms with Gasteiger partial charge in [-0.25, -0.2) is 4.39 Å². The number of halogens is 1. The molecule has 2 amide bonds. The second-order valence-electron chi connectivity index (χ2n) is 6.61. The van der Waals surface area contributed by atoms with E-state index >= 15 is 0 Å². The van der Waals surface area contributed by atoms with Gasteiger partial charge in [-0.1, -0.05) is 0 Å². The highest BCUT2D eigenvalue weighted by Gasteiger charge is 2.34. The molecule has 146 valence electrons. The van der Waals surface area contributed by atoms with Gasteiger partial charge in [0.25, 0.3) is 5.91 Å². The van der Waals surface area contributed by atoms with Gasteiger partial charge >= 0.3 is 5.97 Å². The molecule has 0 fully saturated rings. The van der Waals surface area contributed by atoms with Crippen molar-refractivity contribution < 1.29 is 23.5 Å². The Labute approximate surface area is 162 Å². The molecule has 28 heavy (non-hydrogen) atoms. The van der Waals surface area contributed by atoms with E-state index in [1.54, 1.807) is 13.0 Å². The molecular weight excluding hydrogens is 363 g/mol. The Morgan fingerprint density at radius 2 is 1.68 bits per heavy atom. The second-order valence-corrected chi connectivity index (χ2v) is 6.61. The standard InChI is InChI=1S/C21H21FN2O4/c1-4-28-20(26)12-23-17-9-13(2)14(3)10-18(17)24(11-19(23)25)21(27)15-5-7-16(22)8-6-15/h5-10H,4,11-12H2,1-3H3. The van der Waals surface area contributed by atoms with Crippen LogP contribution in [0.25, 0.3) is 0 Å². The van der Waals surface area contributed by atoms with E-state index in [0.717, 1.165) is 11.1 Å². The molecule has 6 nitrogen and oxygen atoms in total. The number of amides is 2. The van der Waals surface area contributed by atoms with Crippen LogP contribution in [-0.2, 0) is 14.3 Å². The summed E-state index contributed by atoms with van der Waals surface area (Å²) in [6, 6.07) is 8.77. The van der Waals surface area contributed by atoms with Crippen molar-refractivity contribution in [1.82, 2.24) is 0 Å². The van der Waals surface area contributed by atoms with Crippen LogP contribution in [0.3, 0.4) is 0 Å². The highest BCUT2D eigenvalue weighted by Crippen LogP contribution is 2.36. The zero-order valence-corrected chi connectivity index (χ0v) is 16.0. The van der Waals surface area contributed by atoms with E-state index in [4.69, 9.17) is 4.74 Å². The van der Waals surface area contributed by atoms with Crippen LogP contribution >= 0.6 is 0 Å². The Bertz CT molecular complexity index is 940. The van der Waals surface area contributed by atoms with Crippen LogP contribution in [0.4, 0.5) is 15.8 Å². The molecule has 0 atom stereocenters. The smallest absolute Gasteiger partial charge is 0.326 e. The number of carbonyl (C=O) groups excluding carboxylic acids is 3. The van der Waals surface area contributed by atoms with E-state index < -0.39 is 17.7 Å². The number of benzene rings is 2. The maximum atomic E-state index is 13.2.